The molecule has 1 aromatic carbocycles. The third-order valence-electron chi connectivity index (χ3n) is 2.79. The van der Waals surface area contributed by atoms with E-state index in [0.717, 1.165) is 12.5 Å². The minimum atomic E-state index is -5.11. The first-order valence-corrected chi connectivity index (χ1v) is 5.89. The van der Waals surface area contributed by atoms with Crippen LogP contribution in [-0.4, -0.2) is 20.7 Å². The van der Waals surface area contributed by atoms with Gasteiger partial charge in [0.1, 0.15) is 5.75 Å². The number of ether oxygens (including phenoxy) is 2. The van der Waals surface area contributed by atoms with E-state index in [2.05, 4.69) is 0 Å². The number of halogens is 3. The van der Waals surface area contributed by atoms with Gasteiger partial charge in [-0.25, -0.2) is 0 Å². The lowest BCUT2D eigenvalue weighted by Crippen LogP contribution is -2.35. The van der Waals surface area contributed by atoms with E-state index < -0.39 is 12.4 Å². The maximum absolute atomic E-state index is 12.9. The average molecular weight is 261 g/mol. The Labute approximate surface area is 105 Å². The second-order valence-electron chi connectivity index (χ2n) is 4.30. The van der Waals surface area contributed by atoms with Crippen molar-refractivity contribution in [3.8, 4) is 11.5 Å². The van der Waals surface area contributed by atoms with Crippen molar-refractivity contribution < 1.29 is 22.4 Å². The van der Waals surface area contributed by atoms with Crippen molar-refractivity contribution in [2.24, 2.45) is 5.92 Å². The Balaban J connectivity index is 2.96. The van der Waals surface area contributed by atoms with Crippen LogP contribution in [0.2, 0.25) is 0 Å². The van der Waals surface area contributed by atoms with Crippen LogP contribution in [0.5, 0.6) is 11.5 Å². The van der Waals surface area contributed by atoms with Gasteiger partial charge in [0.05, 0.1) is 19.5 Å². The molecule has 18 heavy (non-hydrogen) atoms. The molecule has 0 saturated carbocycles. The molecule has 0 fully saturated rings. The Hall–Kier alpha value is -1.33. The fourth-order valence-electron chi connectivity index (χ4n) is 1.39. The summed E-state index contributed by atoms with van der Waals surface area (Å²) in [4.78, 5) is 0. The van der Waals surface area contributed by atoms with Gasteiger partial charge in [-0.2, -0.15) is 0 Å². The van der Waals surface area contributed by atoms with E-state index in [1.807, 2.05) is 13.8 Å². The SMILES string of the molecule is CCC(C)COc1ccc(OC)cc1[B-](F)(F)F. The molecule has 6 heteroatoms. The molecule has 0 aliphatic heterocycles. The molecule has 0 bridgehead atoms. The molecule has 1 aromatic rings. The molecule has 2 nitrogen and oxygen atoms in total. The van der Waals surface area contributed by atoms with E-state index in [9.17, 15) is 12.9 Å². The molecule has 0 saturated heterocycles. The van der Waals surface area contributed by atoms with Crippen molar-refractivity contribution in [3.05, 3.63) is 18.2 Å². The summed E-state index contributed by atoms with van der Waals surface area (Å²) in [5.74, 6) is 0.282. The molecule has 0 spiro atoms. The van der Waals surface area contributed by atoms with Crippen molar-refractivity contribution in [1.29, 1.82) is 0 Å². The summed E-state index contributed by atoms with van der Waals surface area (Å²) < 4.78 is 48.8. The van der Waals surface area contributed by atoms with Gasteiger partial charge in [-0.05, 0) is 24.1 Å². The zero-order valence-electron chi connectivity index (χ0n) is 10.8. The Bertz CT molecular complexity index is 393. The van der Waals surface area contributed by atoms with Crippen LogP contribution in [0.15, 0.2) is 18.2 Å². The zero-order valence-corrected chi connectivity index (χ0v) is 10.8. The van der Waals surface area contributed by atoms with Gasteiger partial charge in [0, 0.05) is 0 Å². The fourth-order valence-corrected chi connectivity index (χ4v) is 1.39. The van der Waals surface area contributed by atoms with Gasteiger partial charge >= 0.3 is 6.98 Å². The first kappa shape index (κ1) is 14.7. The quantitative estimate of drug-likeness (QED) is 0.732. The number of benzene rings is 1. The number of rotatable bonds is 6. The van der Waals surface area contributed by atoms with Gasteiger partial charge < -0.3 is 22.4 Å². The molecule has 1 rings (SSSR count). The molecule has 1 atom stereocenters. The fraction of sp³-hybridized carbons (Fsp3) is 0.500. The summed E-state index contributed by atoms with van der Waals surface area (Å²) in [6.45, 7) is -0.924. The van der Waals surface area contributed by atoms with Crippen LogP contribution in [0.1, 0.15) is 20.3 Å². The average Bonchev–Trinajstić information content (AvgIpc) is 2.34. The van der Waals surface area contributed by atoms with Crippen molar-refractivity contribution in [2.45, 2.75) is 20.3 Å². The van der Waals surface area contributed by atoms with Gasteiger partial charge in [0.15, 0.2) is 0 Å². The predicted octanol–water partition coefficient (Wildman–Crippen LogP) is 3.17. The van der Waals surface area contributed by atoms with E-state index >= 15 is 0 Å². The zero-order chi connectivity index (χ0) is 13.8. The lowest BCUT2D eigenvalue weighted by molar-refractivity contribution is 0.257. The van der Waals surface area contributed by atoms with Crippen LogP contribution in [-0.2, 0) is 0 Å². The van der Waals surface area contributed by atoms with E-state index in [1.165, 1.54) is 19.2 Å². The summed E-state index contributed by atoms with van der Waals surface area (Å²) in [6, 6.07) is 3.76. The molecule has 0 aliphatic carbocycles. The Kier molecular flexibility index (Phi) is 4.93. The van der Waals surface area contributed by atoms with Gasteiger partial charge in [-0.1, -0.05) is 25.7 Å². The largest absolute Gasteiger partial charge is 0.513 e. The molecule has 0 N–H and O–H groups in total. The Morgan fingerprint density at radius 2 is 1.94 bits per heavy atom. The van der Waals surface area contributed by atoms with Crippen LogP contribution in [0.3, 0.4) is 0 Å². The van der Waals surface area contributed by atoms with Crippen LogP contribution < -0.4 is 14.9 Å². The summed E-state index contributed by atoms with van der Waals surface area (Å²) >= 11 is 0. The predicted molar refractivity (Wildman–Crippen MR) is 66.7 cm³/mol. The summed E-state index contributed by atoms with van der Waals surface area (Å²) in [7, 11) is 1.34. The summed E-state index contributed by atoms with van der Waals surface area (Å²) in [5.41, 5.74) is -0.738. The molecule has 0 heterocycles. The molecule has 0 aromatic heterocycles. The molecule has 0 aliphatic rings. The number of hydrogen-bond donors (Lipinski definition) is 0. The third kappa shape index (κ3) is 3.86. The van der Waals surface area contributed by atoms with Crippen molar-refractivity contribution in [3.63, 3.8) is 0 Å². The molecule has 0 amide bonds. The highest BCUT2D eigenvalue weighted by molar-refractivity contribution is 6.74. The van der Waals surface area contributed by atoms with Crippen molar-refractivity contribution >= 4 is 12.4 Å². The minimum absolute atomic E-state index is 0.122. The summed E-state index contributed by atoms with van der Waals surface area (Å²) in [5, 5.41) is 0. The van der Waals surface area contributed by atoms with Gasteiger partial charge in [-0.3, -0.25) is 0 Å². The van der Waals surface area contributed by atoms with E-state index in [1.54, 1.807) is 0 Å². The lowest BCUT2D eigenvalue weighted by Gasteiger charge is -2.21. The third-order valence-corrected chi connectivity index (χ3v) is 2.79. The maximum Gasteiger partial charge on any atom is 0.513 e. The maximum atomic E-state index is 12.9. The van der Waals surface area contributed by atoms with Crippen LogP contribution >= 0.6 is 0 Å². The van der Waals surface area contributed by atoms with Crippen molar-refractivity contribution in [1.82, 2.24) is 0 Å². The van der Waals surface area contributed by atoms with Crippen LogP contribution in [0.25, 0.3) is 0 Å². The summed E-state index contributed by atoms with van der Waals surface area (Å²) in [6.07, 6.45) is 0.864. The minimum Gasteiger partial charge on any atom is -0.497 e. The molecular formula is C12H17BF3O2-. The van der Waals surface area contributed by atoms with Gasteiger partial charge in [0.2, 0.25) is 0 Å². The van der Waals surface area contributed by atoms with Crippen molar-refractivity contribution in [2.75, 3.05) is 13.7 Å². The standard InChI is InChI=1S/C12H17BF3O2/c1-4-9(2)8-18-12-6-5-10(17-3)7-11(12)13(14,15)16/h5-7,9H,4,8H2,1-3H3/q-1. The van der Waals surface area contributed by atoms with E-state index in [0.29, 0.717) is 0 Å². The highest BCUT2D eigenvalue weighted by Gasteiger charge is 2.30. The lowest BCUT2D eigenvalue weighted by atomic mass is 9.79. The molecule has 0 radical (unpaired) electrons. The van der Waals surface area contributed by atoms with E-state index in [4.69, 9.17) is 9.47 Å². The Morgan fingerprint density at radius 1 is 1.28 bits per heavy atom. The first-order valence-electron chi connectivity index (χ1n) is 5.89. The topological polar surface area (TPSA) is 18.5 Å². The van der Waals surface area contributed by atoms with Crippen LogP contribution in [0.4, 0.5) is 12.9 Å². The number of hydrogen-bond acceptors (Lipinski definition) is 2. The normalized spacial score (nSPS) is 13.2. The van der Waals surface area contributed by atoms with Gasteiger partial charge in [-0.15, -0.1) is 0 Å². The van der Waals surface area contributed by atoms with Crippen LogP contribution in [0, 0.1) is 5.92 Å². The molecule has 1 unspecified atom stereocenters. The van der Waals surface area contributed by atoms with Gasteiger partial charge in [0.25, 0.3) is 0 Å². The first-order chi connectivity index (χ1) is 8.38. The smallest absolute Gasteiger partial charge is 0.497 e. The molecular weight excluding hydrogens is 244 g/mol. The highest BCUT2D eigenvalue weighted by Crippen LogP contribution is 2.22. The number of methoxy groups -OCH3 is 1. The Morgan fingerprint density at radius 3 is 2.44 bits per heavy atom. The second kappa shape index (κ2) is 6.02. The molecule has 102 valence electrons. The second-order valence-corrected chi connectivity index (χ2v) is 4.30. The monoisotopic (exact) mass is 261 g/mol. The van der Waals surface area contributed by atoms with E-state index in [-0.39, 0.29) is 24.0 Å². The highest BCUT2D eigenvalue weighted by atomic mass is 19.4.